The number of anilines is 1. The molecular weight excluding hydrogens is 426 g/mol. The lowest BCUT2D eigenvalue weighted by Crippen LogP contribution is -2.37. The molecule has 0 radical (unpaired) electrons. The normalized spacial score (nSPS) is 16.4. The van der Waals surface area contributed by atoms with Crippen molar-refractivity contribution in [2.45, 2.75) is 18.9 Å². The van der Waals surface area contributed by atoms with Gasteiger partial charge < -0.3 is 4.74 Å². The average Bonchev–Trinajstić information content (AvgIpc) is 3.39. The molecule has 0 bridgehead atoms. The SMILES string of the molecule is O=C(c1ccncc1)N(CC1CCCO1)c1nc(-c2ccc(Br)cc2)cs1. The van der Waals surface area contributed by atoms with Crippen LogP contribution in [0.3, 0.4) is 0 Å². The van der Waals surface area contributed by atoms with Crippen LogP contribution >= 0.6 is 27.3 Å². The predicted octanol–water partition coefficient (Wildman–Crippen LogP) is 4.79. The first-order valence-corrected chi connectivity index (χ1v) is 10.4. The van der Waals surface area contributed by atoms with E-state index in [2.05, 4.69) is 20.9 Å². The molecule has 1 aromatic carbocycles. The lowest BCUT2D eigenvalue weighted by molar-refractivity contribution is 0.0917. The summed E-state index contributed by atoms with van der Waals surface area (Å²) in [6, 6.07) is 11.5. The number of hydrogen-bond donors (Lipinski definition) is 0. The highest BCUT2D eigenvalue weighted by Crippen LogP contribution is 2.30. The van der Waals surface area contributed by atoms with E-state index >= 15 is 0 Å². The van der Waals surface area contributed by atoms with Gasteiger partial charge in [0, 0.05) is 40.0 Å². The summed E-state index contributed by atoms with van der Waals surface area (Å²) in [6.07, 6.45) is 5.31. The first kappa shape index (κ1) is 18.3. The van der Waals surface area contributed by atoms with Crippen molar-refractivity contribution in [1.29, 1.82) is 0 Å². The van der Waals surface area contributed by atoms with Crippen molar-refractivity contribution in [3.63, 3.8) is 0 Å². The van der Waals surface area contributed by atoms with Crippen LogP contribution in [-0.4, -0.2) is 35.1 Å². The van der Waals surface area contributed by atoms with Crippen LogP contribution in [0.15, 0.2) is 58.6 Å². The smallest absolute Gasteiger partial charge is 0.260 e. The van der Waals surface area contributed by atoms with Crippen LogP contribution in [0, 0.1) is 0 Å². The molecule has 1 fully saturated rings. The number of benzene rings is 1. The van der Waals surface area contributed by atoms with Gasteiger partial charge in [0.05, 0.1) is 18.3 Å². The fraction of sp³-hybridized carbons (Fsp3) is 0.250. The first-order chi connectivity index (χ1) is 13.2. The second-order valence-electron chi connectivity index (χ2n) is 6.31. The summed E-state index contributed by atoms with van der Waals surface area (Å²) < 4.78 is 6.78. The number of pyridine rings is 1. The molecule has 1 amide bonds. The molecule has 27 heavy (non-hydrogen) atoms. The molecule has 1 aliphatic heterocycles. The molecule has 2 aromatic heterocycles. The van der Waals surface area contributed by atoms with E-state index in [0.29, 0.717) is 17.2 Å². The van der Waals surface area contributed by atoms with Gasteiger partial charge in [0.25, 0.3) is 5.91 Å². The standard InChI is InChI=1S/C20H18BrN3O2S/c21-16-5-3-14(4-6-16)18-13-27-20(23-18)24(12-17-2-1-11-26-17)19(25)15-7-9-22-10-8-15/h3-10,13,17H,1-2,11-12H2. The molecule has 7 heteroatoms. The maximum atomic E-state index is 13.1. The van der Waals surface area contributed by atoms with Crippen LogP contribution < -0.4 is 4.90 Å². The van der Waals surface area contributed by atoms with Gasteiger partial charge in [-0.15, -0.1) is 11.3 Å². The molecule has 1 saturated heterocycles. The van der Waals surface area contributed by atoms with E-state index in [4.69, 9.17) is 9.72 Å². The molecule has 0 aliphatic carbocycles. The Hall–Kier alpha value is -2.09. The van der Waals surface area contributed by atoms with E-state index in [1.807, 2.05) is 29.6 Å². The van der Waals surface area contributed by atoms with Gasteiger partial charge in [-0.25, -0.2) is 4.98 Å². The van der Waals surface area contributed by atoms with Crippen molar-refractivity contribution < 1.29 is 9.53 Å². The molecule has 4 rings (SSSR count). The van der Waals surface area contributed by atoms with Gasteiger partial charge >= 0.3 is 0 Å². The third-order valence-electron chi connectivity index (χ3n) is 4.45. The van der Waals surface area contributed by atoms with Crippen LogP contribution in [0.1, 0.15) is 23.2 Å². The van der Waals surface area contributed by atoms with E-state index in [-0.39, 0.29) is 12.0 Å². The van der Waals surface area contributed by atoms with Crippen LogP contribution in [0.25, 0.3) is 11.3 Å². The van der Waals surface area contributed by atoms with E-state index in [1.165, 1.54) is 11.3 Å². The van der Waals surface area contributed by atoms with Gasteiger partial charge in [-0.05, 0) is 37.1 Å². The quantitative estimate of drug-likeness (QED) is 0.568. The molecule has 3 aromatic rings. The number of nitrogens with zero attached hydrogens (tertiary/aromatic N) is 3. The highest BCUT2D eigenvalue weighted by atomic mass is 79.9. The highest BCUT2D eigenvalue weighted by Gasteiger charge is 2.26. The van der Waals surface area contributed by atoms with Crippen LogP contribution in [0.4, 0.5) is 5.13 Å². The van der Waals surface area contributed by atoms with Crippen LogP contribution in [0.5, 0.6) is 0 Å². The molecule has 5 nitrogen and oxygen atoms in total. The molecule has 0 N–H and O–H groups in total. The van der Waals surface area contributed by atoms with Gasteiger partial charge in [0.15, 0.2) is 5.13 Å². The summed E-state index contributed by atoms with van der Waals surface area (Å²) in [6.45, 7) is 1.26. The van der Waals surface area contributed by atoms with Crippen molar-refractivity contribution in [3.05, 3.63) is 64.2 Å². The van der Waals surface area contributed by atoms with Crippen molar-refractivity contribution in [2.24, 2.45) is 0 Å². The Morgan fingerprint density at radius 2 is 2.00 bits per heavy atom. The number of hydrogen-bond acceptors (Lipinski definition) is 5. The zero-order chi connectivity index (χ0) is 18.6. The summed E-state index contributed by atoms with van der Waals surface area (Å²) in [5.41, 5.74) is 2.49. The minimum absolute atomic E-state index is 0.0517. The van der Waals surface area contributed by atoms with E-state index in [1.54, 1.807) is 29.4 Å². The van der Waals surface area contributed by atoms with Crippen LogP contribution in [-0.2, 0) is 4.74 Å². The highest BCUT2D eigenvalue weighted by molar-refractivity contribution is 9.10. The number of amides is 1. The van der Waals surface area contributed by atoms with Crippen molar-refractivity contribution >= 4 is 38.3 Å². The lowest BCUT2D eigenvalue weighted by atomic mass is 10.2. The number of carbonyl (C=O) groups is 1. The van der Waals surface area contributed by atoms with Gasteiger partial charge in [0.1, 0.15) is 0 Å². The molecule has 0 spiro atoms. The Kier molecular flexibility index (Phi) is 5.61. The Balaban J connectivity index is 1.63. The summed E-state index contributed by atoms with van der Waals surface area (Å²) in [5.74, 6) is -0.0791. The first-order valence-electron chi connectivity index (χ1n) is 8.75. The zero-order valence-electron chi connectivity index (χ0n) is 14.5. The predicted molar refractivity (Wildman–Crippen MR) is 110 cm³/mol. The third kappa shape index (κ3) is 4.26. The van der Waals surface area contributed by atoms with E-state index in [9.17, 15) is 4.79 Å². The fourth-order valence-electron chi connectivity index (χ4n) is 3.03. The maximum Gasteiger partial charge on any atom is 0.260 e. The van der Waals surface area contributed by atoms with Gasteiger partial charge in [-0.2, -0.15) is 0 Å². The van der Waals surface area contributed by atoms with Crippen molar-refractivity contribution in [2.75, 3.05) is 18.1 Å². The largest absolute Gasteiger partial charge is 0.376 e. The van der Waals surface area contributed by atoms with Crippen LogP contribution in [0.2, 0.25) is 0 Å². The molecule has 3 heterocycles. The second kappa shape index (κ2) is 8.29. The van der Waals surface area contributed by atoms with Crippen molar-refractivity contribution in [3.8, 4) is 11.3 Å². The molecule has 1 unspecified atom stereocenters. The van der Waals surface area contributed by atoms with E-state index < -0.39 is 0 Å². The van der Waals surface area contributed by atoms with Crippen molar-refractivity contribution in [1.82, 2.24) is 9.97 Å². The molecule has 1 atom stereocenters. The molecule has 1 aliphatic rings. The topological polar surface area (TPSA) is 55.3 Å². The number of ether oxygens (including phenoxy) is 1. The Bertz CT molecular complexity index is 908. The average molecular weight is 444 g/mol. The summed E-state index contributed by atoms with van der Waals surface area (Å²) in [5, 5.41) is 2.67. The fourth-order valence-corrected chi connectivity index (χ4v) is 4.14. The Labute approximate surface area is 170 Å². The summed E-state index contributed by atoms with van der Waals surface area (Å²) in [4.78, 5) is 23.6. The zero-order valence-corrected chi connectivity index (χ0v) is 16.9. The number of thiazole rings is 1. The monoisotopic (exact) mass is 443 g/mol. The Morgan fingerprint density at radius 1 is 1.22 bits per heavy atom. The van der Waals surface area contributed by atoms with Gasteiger partial charge in [0.2, 0.25) is 0 Å². The van der Waals surface area contributed by atoms with E-state index in [0.717, 1.165) is 35.2 Å². The Morgan fingerprint density at radius 3 is 2.70 bits per heavy atom. The molecule has 138 valence electrons. The number of rotatable bonds is 5. The van der Waals surface area contributed by atoms with Gasteiger partial charge in [-0.1, -0.05) is 28.1 Å². The number of aromatic nitrogens is 2. The summed E-state index contributed by atoms with van der Waals surface area (Å²) >= 11 is 4.92. The minimum atomic E-state index is -0.0791. The summed E-state index contributed by atoms with van der Waals surface area (Å²) in [7, 11) is 0. The minimum Gasteiger partial charge on any atom is -0.376 e. The molecule has 0 saturated carbocycles. The molecular formula is C20H18BrN3O2S. The maximum absolute atomic E-state index is 13.1. The second-order valence-corrected chi connectivity index (χ2v) is 8.06. The number of carbonyl (C=O) groups excluding carboxylic acids is 1. The lowest BCUT2D eigenvalue weighted by Gasteiger charge is -2.23. The third-order valence-corrected chi connectivity index (χ3v) is 5.84. The number of halogens is 1. The van der Waals surface area contributed by atoms with Gasteiger partial charge in [-0.3, -0.25) is 14.7 Å².